The van der Waals surface area contributed by atoms with Crippen molar-refractivity contribution in [1.29, 1.82) is 0 Å². The van der Waals surface area contributed by atoms with Crippen LogP contribution in [-0.2, 0) is 16.4 Å². The maximum absolute atomic E-state index is 11.9. The number of rotatable bonds is 4. The summed E-state index contributed by atoms with van der Waals surface area (Å²) in [4.78, 5) is 0.423. The molecule has 0 heterocycles. The average molecular weight is 225 g/mol. The molecule has 0 atom stereocenters. The highest BCUT2D eigenvalue weighted by Crippen LogP contribution is 2.32. The van der Waals surface area contributed by atoms with Gasteiger partial charge in [-0.3, -0.25) is 0 Å². The van der Waals surface area contributed by atoms with E-state index in [0.717, 1.165) is 18.4 Å². The van der Waals surface area contributed by atoms with Gasteiger partial charge >= 0.3 is 0 Å². The van der Waals surface area contributed by atoms with Gasteiger partial charge in [0.1, 0.15) is 0 Å². The molecule has 0 unspecified atom stereocenters. The van der Waals surface area contributed by atoms with E-state index in [1.165, 1.54) is 0 Å². The molecule has 0 amide bonds. The first-order valence-corrected chi connectivity index (χ1v) is 6.79. The van der Waals surface area contributed by atoms with E-state index < -0.39 is 9.84 Å². The Labute approximate surface area is 90.2 Å². The lowest BCUT2D eigenvalue weighted by molar-refractivity contribution is 0.592. The third-order valence-corrected chi connectivity index (χ3v) is 4.57. The molecule has 1 aromatic carbocycles. The molecular formula is C11H15NO2S. The SMILES string of the molecule is NCc1ccc(S(=O)(=O)CC2CC2)cc1. The second-order valence-corrected chi connectivity index (χ2v) is 6.11. The predicted molar refractivity (Wildman–Crippen MR) is 59.1 cm³/mol. The van der Waals surface area contributed by atoms with Gasteiger partial charge in [-0.05, 0) is 36.5 Å². The third kappa shape index (κ3) is 2.58. The average Bonchev–Trinajstić information content (AvgIpc) is 3.01. The van der Waals surface area contributed by atoms with E-state index in [0.29, 0.717) is 23.1 Å². The number of hydrogen-bond acceptors (Lipinski definition) is 3. The van der Waals surface area contributed by atoms with Crippen LogP contribution in [0.5, 0.6) is 0 Å². The van der Waals surface area contributed by atoms with E-state index in [9.17, 15) is 8.42 Å². The topological polar surface area (TPSA) is 60.2 Å². The van der Waals surface area contributed by atoms with Gasteiger partial charge in [-0.25, -0.2) is 8.42 Å². The van der Waals surface area contributed by atoms with Gasteiger partial charge in [0.05, 0.1) is 10.6 Å². The second kappa shape index (κ2) is 3.94. The van der Waals surface area contributed by atoms with E-state index in [1.54, 1.807) is 24.3 Å². The van der Waals surface area contributed by atoms with Crippen molar-refractivity contribution in [3.8, 4) is 0 Å². The standard InChI is InChI=1S/C11H15NO2S/c12-7-9-3-5-11(6-4-9)15(13,14)8-10-1-2-10/h3-6,10H,1-2,7-8,12H2. The van der Waals surface area contributed by atoms with Gasteiger partial charge in [-0.15, -0.1) is 0 Å². The van der Waals surface area contributed by atoms with Crippen LogP contribution in [0.3, 0.4) is 0 Å². The molecule has 1 saturated carbocycles. The Kier molecular flexibility index (Phi) is 2.80. The van der Waals surface area contributed by atoms with E-state index in [2.05, 4.69) is 0 Å². The fraction of sp³-hybridized carbons (Fsp3) is 0.455. The summed E-state index contributed by atoms with van der Waals surface area (Å²) in [5.41, 5.74) is 6.41. The van der Waals surface area contributed by atoms with Crippen LogP contribution in [0.25, 0.3) is 0 Å². The van der Waals surface area contributed by atoms with Gasteiger partial charge < -0.3 is 5.73 Å². The number of nitrogens with two attached hydrogens (primary N) is 1. The zero-order chi connectivity index (χ0) is 10.9. The van der Waals surface area contributed by atoms with Crippen molar-refractivity contribution in [3.05, 3.63) is 29.8 Å². The Morgan fingerprint density at radius 2 is 1.80 bits per heavy atom. The molecule has 0 aliphatic heterocycles. The molecule has 82 valence electrons. The number of hydrogen-bond donors (Lipinski definition) is 1. The summed E-state index contributed by atoms with van der Waals surface area (Å²) >= 11 is 0. The van der Waals surface area contributed by atoms with Crippen LogP contribution in [0.1, 0.15) is 18.4 Å². The minimum atomic E-state index is -3.06. The Bertz CT molecular complexity index is 432. The summed E-state index contributed by atoms with van der Waals surface area (Å²) in [6.45, 7) is 0.447. The predicted octanol–water partition coefficient (Wildman–Crippen LogP) is 1.33. The summed E-state index contributed by atoms with van der Waals surface area (Å²) in [7, 11) is -3.06. The first-order valence-electron chi connectivity index (χ1n) is 5.13. The highest BCUT2D eigenvalue weighted by Gasteiger charge is 2.28. The van der Waals surface area contributed by atoms with Crippen molar-refractivity contribution in [1.82, 2.24) is 0 Å². The quantitative estimate of drug-likeness (QED) is 0.841. The van der Waals surface area contributed by atoms with Gasteiger partial charge in [0, 0.05) is 6.54 Å². The zero-order valence-corrected chi connectivity index (χ0v) is 9.33. The molecule has 2 N–H and O–H groups in total. The Hall–Kier alpha value is -0.870. The van der Waals surface area contributed by atoms with Crippen molar-refractivity contribution >= 4 is 9.84 Å². The molecule has 15 heavy (non-hydrogen) atoms. The first kappa shape index (κ1) is 10.6. The molecule has 1 aliphatic rings. The maximum atomic E-state index is 11.9. The Morgan fingerprint density at radius 1 is 1.20 bits per heavy atom. The Balaban J connectivity index is 2.19. The van der Waals surface area contributed by atoms with Gasteiger partial charge in [0.25, 0.3) is 0 Å². The van der Waals surface area contributed by atoms with Gasteiger partial charge in [0.15, 0.2) is 9.84 Å². The van der Waals surface area contributed by atoms with Crippen LogP contribution in [0.4, 0.5) is 0 Å². The smallest absolute Gasteiger partial charge is 0.178 e. The van der Waals surface area contributed by atoms with E-state index in [-0.39, 0.29) is 0 Å². The largest absolute Gasteiger partial charge is 0.326 e. The van der Waals surface area contributed by atoms with E-state index in [1.807, 2.05) is 0 Å². The van der Waals surface area contributed by atoms with E-state index >= 15 is 0 Å². The van der Waals surface area contributed by atoms with Crippen LogP contribution >= 0.6 is 0 Å². The fourth-order valence-corrected chi connectivity index (χ4v) is 3.22. The van der Waals surface area contributed by atoms with Crippen LogP contribution in [0, 0.1) is 5.92 Å². The minimum absolute atomic E-state index is 0.301. The zero-order valence-electron chi connectivity index (χ0n) is 8.52. The lowest BCUT2D eigenvalue weighted by atomic mass is 10.2. The molecule has 1 fully saturated rings. The molecule has 0 aromatic heterocycles. The second-order valence-electron chi connectivity index (χ2n) is 4.07. The van der Waals surface area contributed by atoms with Crippen molar-refractivity contribution in [2.24, 2.45) is 11.7 Å². The molecule has 1 aromatic rings. The maximum Gasteiger partial charge on any atom is 0.178 e. The summed E-state index contributed by atoms with van der Waals surface area (Å²) in [6, 6.07) is 6.86. The lowest BCUT2D eigenvalue weighted by Gasteiger charge is -2.04. The molecule has 0 bridgehead atoms. The van der Waals surface area contributed by atoms with Crippen LogP contribution in [-0.4, -0.2) is 14.2 Å². The van der Waals surface area contributed by atoms with Crippen molar-refractivity contribution < 1.29 is 8.42 Å². The summed E-state index contributed by atoms with van der Waals surface area (Å²) in [5.74, 6) is 0.693. The Morgan fingerprint density at radius 3 is 2.27 bits per heavy atom. The highest BCUT2D eigenvalue weighted by atomic mass is 32.2. The molecule has 3 nitrogen and oxygen atoms in total. The van der Waals surface area contributed by atoms with Crippen LogP contribution in [0.15, 0.2) is 29.2 Å². The van der Waals surface area contributed by atoms with Crippen molar-refractivity contribution in [3.63, 3.8) is 0 Å². The van der Waals surface area contributed by atoms with Crippen LogP contribution < -0.4 is 5.73 Å². The molecule has 0 spiro atoms. The van der Waals surface area contributed by atoms with Crippen molar-refractivity contribution in [2.75, 3.05) is 5.75 Å². The van der Waals surface area contributed by atoms with Crippen molar-refractivity contribution in [2.45, 2.75) is 24.3 Å². The fourth-order valence-electron chi connectivity index (χ4n) is 1.52. The van der Waals surface area contributed by atoms with Crippen LogP contribution in [0.2, 0.25) is 0 Å². The van der Waals surface area contributed by atoms with Gasteiger partial charge in [-0.2, -0.15) is 0 Å². The minimum Gasteiger partial charge on any atom is -0.326 e. The lowest BCUT2D eigenvalue weighted by Crippen LogP contribution is -2.08. The molecule has 0 saturated heterocycles. The molecule has 2 rings (SSSR count). The van der Waals surface area contributed by atoms with Gasteiger partial charge in [0.2, 0.25) is 0 Å². The highest BCUT2D eigenvalue weighted by molar-refractivity contribution is 7.91. The third-order valence-electron chi connectivity index (χ3n) is 2.67. The molecule has 1 aliphatic carbocycles. The molecule has 4 heteroatoms. The monoisotopic (exact) mass is 225 g/mol. The normalized spacial score (nSPS) is 16.6. The van der Waals surface area contributed by atoms with E-state index in [4.69, 9.17) is 5.73 Å². The molecule has 0 radical (unpaired) electrons. The van der Waals surface area contributed by atoms with Gasteiger partial charge in [-0.1, -0.05) is 12.1 Å². The summed E-state index contributed by atoms with van der Waals surface area (Å²) < 4.78 is 23.7. The number of benzene rings is 1. The summed E-state index contributed by atoms with van der Waals surface area (Å²) in [5, 5.41) is 0. The molecular weight excluding hydrogens is 210 g/mol. The first-order chi connectivity index (χ1) is 7.12. The summed E-state index contributed by atoms with van der Waals surface area (Å²) in [6.07, 6.45) is 2.11. The number of sulfone groups is 1.